The Morgan fingerprint density at radius 2 is 2.24 bits per heavy atom. The Morgan fingerprint density at radius 3 is 2.90 bits per heavy atom. The Labute approximate surface area is 126 Å². The SMILES string of the molecule is CCC1CN(Cc2cccc(C(=O)OC)n2)C(CC)CN1. The quantitative estimate of drug-likeness (QED) is 0.839. The van der Waals surface area contributed by atoms with Gasteiger partial charge in [0.15, 0.2) is 0 Å². The fourth-order valence-electron chi connectivity index (χ4n) is 2.79. The first-order valence-corrected chi connectivity index (χ1v) is 7.69. The number of hydrogen-bond donors (Lipinski definition) is 1. The van der Waals surface area contributed by atoms with Gasteiger partial charge in [-0.25, -0.2) is 9.78 Å². The molecule has 2 heterocycles. The molecule has 2 rings (SSSR count). The van der Waals surface area contributed by atoms with Gasteiger partial charge in [-0.15, -0.1) is 0 Å². The van der Waals surface area contributed by atoms with E-state index in [1.54, 1.807) is 6.07 Å². The van der Waals surface area contributed by atoms with Crippen molar-refractivity contribution in [2.24, 2.45) is 0 Å². The lowest BCUT2D eigenvalue weighted by molar-refractivity contribution is 0.0593. The Bertz CT molecular complexity index is 478. The molecule has 1 aliphatic rings. The number of piperazine rings is 1. The highest BCUT2D eigenvalue weighted by Crippen LogP contribution is 2.15. The molecular formula is C16H25N3O2. The Balaban J connectivity index is 2.09. The molecule has 0 amide bonds. The van der Waals surface area contributed by atoms with Gasteiger partial charge in [0.2, 0.25) is 0 Å². The number of pyridine rings is 1. The van der Waals surface area contributed by atoms with Crippen molar-refractivity contribution in [3.05, 3.63) is 29.6 Å². The van der Waals surface area contributed by atoms with E-state index >= 15 is 0 Å². The molecule has 0 aromatic carbocycles. The van der Waals surface area contributed by atoms with Crippen LogP contribution in [0.5, 0.6) is 0 Å². The third-order valence-electron chi connectivity index (χ3n) is 4.14. The molecule has 1 aliphatic heterocycles. The van der Waals surface area contributed by atoms with E-state index in [0.29, 0.717) is 17.8 Å². The van der Waals surface area contributed by atoms with E-state index in [9.17, 15) is 4.79 Å². The number of esters is 1. The second-order valence-corrected chi connectivity index (χ2v) is 5.51. The molecule has 0 spiro atoms. The maximum absolute atomic E-state index is 11.6. The summed E-state index contributed by atoms with van der Waals surface area (Å²) >= 11 is 0. The largest absolute Gasteiger partial charge is 0.464 e. The highest BCUT2D eigenvalue weighted by molar-refractivity contribution is 5.87. The van der Waals surface area contributed by atoms with E-state index in [0.717, 1.165) is 38.2 Å². The number of rotatable bonds is 5. The minimum atomic E-state index is -0.379. The van der Waals surface area contributed by atoms with Gasteiger partial charge in [-0.3, -0.25) is 4.90 Å². The zero-order valence-electron chi connectivity index (χ0n) is 13.1. The van der Waals surface area contributed by atoms with Gasteiger partial charge in [-0.05, 0) is 25.0 Å². The molecule has 1 fully saturated rings. The molecule has 0 saturated carbocycles. The van der Waals surface area contributed by atoms with Gasteiger partial charge in [0.25, 0.3) is 0 Å². The molecule has 1 aromatic heterocycles. The summed E-state index contributed by atoms with van der Waals surface area (Å²) < 4.78 is 4.73. The van der Waals surface area contributed by atoms with Crippen molar-refractivity contribution < 1.29 is 9.53 Å². The summed E-state index contributed by atoms with van der Waals surface area (Å²) in [5.41, 5.74) is 1.30. The van der Waals surface area contributed by atoms with E-state index < -0.39 is 0 Å². The van der Waals surface area contributed by atoms with Crippen LogP contribution in [0.3, 0.4) is 0 Å². The topological polar surface area (TPSA) is 54.5 Å². The van der Waals surface area contributed by atoms with E-state index in [2.05, 4.69) is 29.0 Å². The highest BCUT2D eigenvalue weighted by atomic mass is 16.5. The van der Waals surface area contributed by atoms with E-state index in [1.165, 1.54) is 7.11 Å². The summed E-state index contributed by atoms with van der Waals surface area (Å²) in [4.78, 5) is 18.5. The first kappa shape index (κ1) is 15.9. The third-order valence-corrected chi connectivity index (χ3v) is 4.14. The minimum absolute atomic E-state index is 0.379. The summed E-state index contributed by atoms with van der Waals surface area (Å²) in [6.45, 7) is 7.24. The van der Waals surface area contributed by atoms with Crippen LogP contribution in [0.4, 0.5) is 0 Å². The normalized spacial score (nSPS) is 23.0. The van der Waals surface area contributed by atoms with Crippen LogP contribution in [0.2, 0.25) is 0 Å². The van der Waals surface area contributed by atoms with Crippen LogP contribution in [0.25, 0.3) is 0 Å². The maximum Gasteiger partial charge on any atom is 0.356 e. The lowest BCUT2D eigenvalue weighted by Gasteiger charge is -2.39. The molecule has 1 saturated heterocycles. The number of carbonyl (C=O) groups excluding carboxylic acids is 1. The number of nitrogens with zero attached hydrogens (tertiary/aromatic N) is 2. The maximum atomic E-state index is 11.6. The second kappa shape index (κ2) is 7.52. The lowest BCUT2D eigenvalue weighted by Crippen LogP contribution is -2.55. The van der Waals surface area contributed by atoms with Crippen LogP contribution < -0.4 is 5.32 Å². The molecule has 1 aromatic rings. The molecule has 116 valence electrons. The second-order valence-electron chi connectivity index (χ2n) is 5.51. The summed E-state index contributed by atoms with van der Waals surface area (Å²) in [6.07, 6.45) is 2.24. The van der Waals surface area contributed by atoms with Crippen LogP contribution in [0.1, 0.15) is 42.9 Å². The Morgan fingerprint density at radius 1 is 1.43 bits per heavy atom. The van der Waals surface area contributed by atoms with Gasteiger partial charge in [-0.2, -0.15) is 0 Å². The molecule has 0 radical (unpaired) electrons. The first-order chi connectivity index (χ1) is 10.2. The van der Waals surface area contributed by atoms with Gasteiger partial charge in [0.05, 0.1) is 12.8 Å². The van der Waals surface area contributed by atoms with Crippen LogP contribution in [0, 0.1) is 0 Å². The van der Waals surface area contributed by atoms with Gasteiger partial charge in [-0.1, -0.05) is 19.9 Å². The van der Waals surface area contributed by atoms with Crippen LogP contribution in [-0.4, -0.2) is 48.1 Å². The standard InChI is InChI=1S/C16H25N3O2/c1-4-12-10-19(14(5-2)9-17-12)11-13-7-6-8-15(18-13)16(20)21-3/h6-8,12,14,17H,4-5,9-11H2,1-3H3. The van der Waals surface area contributed by atoms with Crippen molar-refractivity contribution in [2.75, 3.05) is 20.2 Å². The molecule has 21 heavy (non-hydrogen) atoms. The van der Waals surface area contributed by atoms with Gasteiger partial charge >= 0.3 is 5.97 Å². The van der Waals surface area contributed by atoms with Crippen molar-refractivity contribution in [1.29, 1.82) is 0 Å². The lowest BCUT2D eigenvalue weighted by atomic mass is 10.0. The molecule has 2 unspecified atom stereocenters. The Hall–Kier alpha value is -1.46. The highest BCUT2D eigenvalue weighted by Gasteiger charge is 2.26. The summed E-state index contributed by atoms with van der Waals surface area (Å²) in [7, 11) is 1.38. The molecule has 5 heteroatoms. The van der Waals surface area contributed by atoms with Crippen molar-refractivity contribution in [3.63, 3.8) is 0 Å². The third kappa shape index (κ3) is 4.02. The zero-order chi connectivity index (χ0) is 15.2. The summed E-state index contributed by atoms with van der Waals surface area (Å²) in [5.74, 6) is -0.379. The molecular weight excluding hydrogens is 266 g/mol. The zero-order valence-corrected chi connectivity index (χ0v) is 13.1. The summed E-state index contributed by atoms with van der Waals surface area (Å²) in [6, 6.07) is 6.60. The molecule has 1 N–H and O–H groups in total. The monoisotopic (exact) mass is 291 g/mol. The first-order valence-electron chi connectivity index (χ1n) is 7.69. The summed E-state index contributed by atoms with van der Waals surface area (Å²) in [5, 5.41) is 3.59. The van der Waals surface area contributed by atoms with Gasteiger partial charge in [0.1, 0.15) is 5.69 Å². The van der Waals surface area contributed by atoms with Crippen molar-refractivity contribution in [3.8, 4) is 0 Å². The van der Waals surface area contributed by atoms with E-state index in [4.69, 9.17) is 4.74 Å². The molecule has 2 atom stereocenters. The number of ether oxygens (including phenoxy) is 1. The number of methoxy groups -OCH3 is 1. The minimum Gasteiger partial charge on any atom is -0.464 e. The number of aromatic nitrogens is 1. The van der Waals surface area contributed by atoms with Crippen molar-refractivity contribution in [1.82, 2.24) is 15.2 Å². The average molecular weight is 291 g/mol. The fourth-order valence-corrected chi connectivity index (χ4v) is 2.79. The number of hydrogen-bond acceptors (Lipinski definition) is 5. The average Bonchev–Trinajstić information content (AvgIpc) is 2.54. The van der Waals surface area contributed by atoms with Gasteiger partial charge < -0.3 is 10.1 Å². The predicted molar refractivity (Wildman–Crippen MR) is 82.1 cm³/mol. The number of carbonyl (C=O) groups is 1. The van der Waals surface area contributed by atoms with Crippen LogP contribution >= 0.6 is 0 Å². The smallest absolute Gasteiger partial charge is 0.356 e. The number of nitrogens with one attached hydrogen (secondary N) is 1. The molecule has 0 bridgehead atoms. The van der Waals surface area contributed by atoms with Crippen LogP contribution in [0.15, 0.2) is 18.2 Å². The van der Waals surface area contributed by atoms with Crippen LogP contribution in [-0.2, 0) is 11.3 Å². The van der Waals surface area contributed by atoms with E-state index in [1.807, 2.05) is 12.1 Å². The Kier molecular flexibility index (Phi) is 5.70. The van der Waals surface area contributed by atoms with Crippen molar-refractivity contribution in [2.45, 2.75) is 45.3 Å². The predicted octanol–water partition coefficient (Wildman–Crippen LogP) is 1.83. The molecule has 0 aliphatic carbocycles. The van der Waals surface area contributed by atoms with E-state index in [-0.39, 0.29) is 5.97 Å². The van der Waals surface area contributed by atoms with Gasteiger partial charge in [0, 0.05) is 31.7 Å². The molecule has 5 nitrogen and oxygen atoms in total. The fraction of sp³-hybridized carbons (Fsp3) is 0.625. The van der Waals surface area contributed by atoms with Crippen molar-refractivity contribution >= 4 is 5.97 Å².